The third kappa shape index (κ3) is 4.14. The van der Waals surface area contributed by atoms with E-state index in [0.29, 0.717) is 5.56 Å². The fourth-order valence-electron chi connectivity index (χ4n) is 3.42. The summed E-state index contributed by atoms with van der Waals surface area (Å²) in [5, 5.41) is 2.93. The summed E-state index contributed by atoms with van der Waals surface area (Å²) >= 11 is 0. The van der Waals surface area contributed by atoms with E-state index in [0.717, 1.165) is 43.2 Å². The molecule has 1 fully saturated rings. The molecule has 1 aliphatic heterocycles. The molecule has 0 saturated carbocycles. The second-order valence-corrected chi connectivity index (χ2v) is 6.82. The van der Waals surface area contributed by atoms with E-state index in [1.165, 1.54) is 12.1 Å². The zero-order valence-electron chi connectivity index (χ0n) is 15.5. The summed E-state index contributed by atoms with van der Waals surface area (Å²) < 4.78 is 13.1. The van der Waals surface area contributed by atoms with Gasteiger partial charge in [-0.2, -0.15) is 0 Å². The summed E-state index contributed by atoms with van der Waals surface area (Å²) in [5.41, 5.74) is 3.61. The molecule has 0 atom stereocenters. The minimum absolute atomic E-state index is 0.110. The molecule has 1 amide bonds. The predicted molar refractivity (Wildman–Crippen MR) is 112 cm³/mol. The molecule has 3 aromatic carbocycles. The molecule has 5 heteroatoms. The number of anilines is 3. The summed E-state index contributed by atoms with van der Waals surface area (Å²) in [4.78, 5) is 16.8. The maximum absolute atomic E-state index is 13.1. The number of amides is 1. The van der Waals surface area contributed by atoms with Gasteiger partial charge in [-0.1, -0.05) is 18.2 Å². The molecule has 0 spiro atoms. The van der Waals surface area contributed by atoms with Crippen LogP contribution in [-0.2, 0) is 0 Å². The summed E-state index contributed by atoms with van der Waals surface area (Å²) in [5.74, 6) is -0.317. The van der Waals surface area contributed by atoms with Gasteiger partial charge in [0.05, 0.1) is 0 Å². The Morgan fingerprint density at radius 2 is 1.21 bits per heavy atom. The number of rotatable bonds is 4. The largest absolute Gasteiger partial charge is 0.368 e. The third-order valence-electron chi connectivity index (χ3n) is 5.00. The van der Waals surface area contributed by atoms with Gasteiger partial charge < -0.3 is 15.1 Å². The highest BCUT2D eigenvalue weighted by molar-refractivity contribution is 6.04. The van der Waals surface area contributed by atoms with Crippen molar-refractivity contribution in [3.63, 3.8) is 0 Å². The zero-order valence-corrected chi connectivity index (χ0v) is 15.5. The van der Waals surface area contributed by atoms with Crippen LogP contribution in [0.15, 0.2) is 78.9 Å². The number of carbonyl (C=O) groups excluding carboxylic acids is 1. The quantitative estimate of drug-likeness (QED) is 0.734. The molecule has 4 nitrogen and oxygen atoms in total. The normalized spacial score (nSPS) is 14.0. The van der Waals surface area contributed by atoms with Crippen LogP contribution in [0.25, 0.3) is 0 Å². The molecule has 1 heterocycles. The molecule has 3 aromatic rings. The molecule has 0 aromatic heterocycles. The fraction of sp³-hybridized carbons (Fsp3) is 0.174. The number of piperazine rings is 1. The number of carbonyl (C=O) groups is 1. The lowest BCUT2D eigenvalue weighted by Crippen LogP contribution is -2.46. The van der Waals surface area contributed by atoms with Crippen molar-refractivity contribution in [2.75, 3.05) is 41.3 Å². The first kappa shape index (κ1) is 18.0. The monoisotopic (exact) mass is 375 g/mol. The number of halogens is 1. The first-order chi connectivity index (χ1) is 13.7. The highest BCUT2D eigenvalue weighted by atomic mass is 19.1. The Labute approximate surface area is 164 Å². The van der Waals surface area contributed by atoms with E-state index in [9.17, 15) is 9.18 Å². The van der Waals surface area contributed by atoms with Gasteiger partial charge in [0, 0.05) is 48.8 Å². The minimum atomic E-state index is -0.207. The average Bonchev–Trinajstić information content (AvgIpc) is 2.76. The number of hydrogen-bond donors (Lipinski definition) is 1. The van der Waals surface area contributed by atoms with Crippen molar-refractivity contribution in [1.29, 1.82) is 0 Å². The molecule has 1 aliphatic rings. The fourth-order valence-corrected chi connectivity index (χ4v) is 3.42. The van der Waals surface area contributed by atoms with Gasteiger partial charge in [-0.05, 0) is 60.7 Å². The van der Waals surface area contributed by atoms with Crippen molar-refractivity contribution in [3.05, 3.63) is 90.2 Å². The lowest BCUT2D eigenvalue weighted by atomic mass is 10.2. The van der Waals surface area contributed by atoms with Crippen molar-refractivity contribution < 1.29 is 9.18 Å². The SMILES string of the molecule is O=C(Nc1ccc(N2CCN(c3ccc(F)cc3)CC2)cc1)c1ccccc1. The van der Waals surface area contributed by atoms with Gasteiger partial charge in [0.15, 0.2) is 0 Å². The van der Waals surface area contributed by atoms with Crippen LogP contribution in [0.2, 0.25) is 0 Å². The Morgan fingerprint density at radius 1 is 0.714 bits per heavy atom. The van der Waals surface area contributed by atoms with Gasteiger partial charge in [-0.25, -0.2) is 4.39 Å². The van der Waals surface area contributed by atoms with Crippen molar-refractivity contribution in [3.8, 4) is 0 Å². The van der Waals surface area contributed by atoms with E-state index in [-0.39, 0.29) is 11.7 Å². The van der Waals surface area contributed by atoms with Crippen LogP contribution in [0.4, 0.5) is 21.5 Å². The minimum Gasteiger partial charge on any atom is -0.368 e. The summed E-state index contributed by atoms with van der Waals surface area (Å²) in [6, 6.07) is 23.8. The molecular formula is C23H22FN3O. The molecular weight excluding hydrogens is 353 g/mol. The summed E-state index contributed by atoms with van der Waals surface area (Å²) in [6.07, 6.45) is 0. The maximum atomic E-state index is 13.1. The van der Waals surface area contributed by atoms with Crippen LogP contribution in [0.3, 0.4) is 0 Å². The molecule has 0 aliphatic carbocycles. The molecule has 1 saturated heterocycles. The van der Waals surface area contributed by atoms with Crippen LogP contribution in [-0.4, -0.2) is 32.1 Å². The Balaban J connectivity index is 1.34. The lowest BCUT2D eigenvalue weighted by Gasteiger charge is -2.37. The Bertz CT molecular complexity index is 918. The lowest BCUT2D eigenvalue weighted by molar-refractivity contribution is 0.102. The van der Waals surface area contributed by atoms with Crippen molar-refractivity contribution in [2.45, 2.75) is 0 Å². The molecule has 4 rings (SSSR count). The van der Waals surface area contributed by atoms with E-state index < -0.39 is 0 Å². The Morgan fingerprint density at radius 3 is 1.75 bits per heavy atom. The van der Waals surface area contributed by atoms with Crippen LogP contribution >= 0.6 is 0 Å². The van der Waals surface area contributed by atoms with E-state index in [1.807, 2.05) is 54.6 Å². The van der Waals surface area contributed by atoms with E-state index >= 15 is 0 Å². The molecule has 0 bridgehead atoms. The molecule has 28 heavy (non-hydrogen) atoms. The van der Waals surface area contributed by atoms with Gasteiger partial charge in [0.2, 0.25) is 0 Å². The van der Waals surface area contributed by atoms with Crippen molar-refractivity contribution >= 4 is 23.0 Å². The van der Waals surface area contributed by atoms with Gasteiger partial charge in [-0.3, -0.25) is 4.79 Å². The van der Waals surface area contributed by atoms with Crippen molar-refractivity contribution in [2.24, 2.45) is 0 Å². The van der Waals surface area contributed by atoms with Crippen LogP contribution < -0.4 is 15.1 Å². The number of nitrogens with one attached hydrogen (secondary N) is 1. The zero-order chi connectivity index (χ0) is 19.3. The Hall–Kier alpha value is -3.34. The highest BCUT2D eigenvalue weighted by Crippen LogP contribution is 2.22. The first-order valence-electron chi connectivity index (χ1n) is 9.41. The van der Waals surface area contributed by atoms with Gasteiger partial charge in [-0.15, -0.1) is 0 Å². The average molecular weight is 375 g/mol. The second-order valence-electron chi connectivity index (χ2n) is 6.82. The van der Waals surface area contributed by atoms with Gasteiger partial charge in [0.1, 0.15) is 5.82 Å². The predicted octanol–water partition coefficient (Wildman–Crippen LogP) is 4.40. The Kier molecular flexibility index (Phi) is 5.24. The van der Waals surface area contributed by atoms with Gasteiger partial charge >= 0.3 is 0 Å². The topological polar surface area (TPSA) is 35.6 Å². The number of benzene rings is 3. The third-order valence-corrected chi connectivity index (χ3v) is 5.00. The first-order valence-corrected chi connectivity index (χ1v) is 9.41. The molecule has 0 unspecified atom stereocenters. The van der Waals surface area contributed by atoms with Crippen LogP contribution in [0.5, 0.6) is 0 Å². The number of hydrogen-bond acceptors (Lipinski definition) is 3. The second kappa shape index (κ2) is 8.13. The maximum Gasteiger partial charge on any atom is 0.255 e. The van der Waals surface area contributed by atoms with Crippen LogP contribution in [0, 0.1) is 5.82 Å². The molecule has 0 radical (unpaired) electrons. The van der Waals surface area contributed by atoms with Gasteiger partial charge in [0.25, 0.3) is 5.91 Å². The van der Waals surface area contributed by atoms with E-state index in [1.54, 1.807) is 12.1 Å². The number of nitrogens with zero attached hydrogens (tertiary/aromatic N) is 2. The molecule has 142 valence electrons. The van der Waals surface area contributed by atoms with E-state index in [4.69, 9.17) is 0 Å². The van der Waals surface area contributed by atoms with Crippen molar-refractivity contribution in [1.82, 2.24) is 0 Å². The molecule has 1 N–H and O–H groups in total. The summed E-state index contributed by atoms with van der Waals surface area (Å²) in [6.45, 7) is 3.57. The highest BCUT2D eigenvalue weighted by Gasteiger charge is 2.17. The van der Waals surface area contributed by atoms with Crippen LogP contribution in [0.1, 0.15) is 10.4 Å². The van der Waals surface area contributed by atoms with E-state index in [2.05, 4.69) is 15.1 Å². The standard InChI is InChI=1S/C23H22FN3O/c24-19-6-10-21(11-7-19)26-14-16-27(17-15-26)22-12-8-20(9-13-22)25-23(28)18-4-2-1-3-5-18/h1-13H,14-17H2,(H,25,28). The summed E-state index contributed by atoms with van der Waals surface area (Å²) in [7, 11) is 0. The smallest absolute Gasteiger partial charge is 0.255 e.